The molecule has 0 saturated carbocycles. The summed E-state index contributed by atoms with van der Waals surface area (Å²) in [5, 5.41) is 7.13. The Labute approximate surface area is 220 Å². The molecule has 1 atom stereocenters. The van der Waals surface area contributed by atoms with E-state index in [9.17, 15) is 8.78 Å². The van der Waals surface area contributed by atoms with E-state index in [0.717, 1.165) is 37.4 Å². The van der Waals surface area contributed by atoms with Gasteiger partial charge in [-0.05, 0) is 31.7 Å². The number of nitrogens with two attached hydrogens (primary N) is 1. The van der Waals surface area contributed by atoms with Gasteiger partial charge in [-0.3, -0.25) is 0 Å². The number of alkyl halides is 1. The van der Waals surface area contributed by atoms with Crippen molar-refractivity contribution < 1.29 is 17.9 Å². The van der Waals surface area contributed by atoms with Crippen molar-refractivity contribution in [1.82, 2.24) is 25.2 Å². The van der Waals surface area contributed by atoms with Crippen LogP contribution >= 0.6 is 22.9 Å². The number of nitrogens with one attached hydrogen (secondary N) is 2. The third-order valence-corrected chi connectivity index (χ3v) is 7.47. The first kappa shape index (κ1) is 25.7. The average molecular weight is 552 g/mol. The fourth-order valence-corrected chi connectivity index (χ4v) is 5.34. The molecule has 2 aromatic heterocycles. The Morgan fingerprint density at radius 3 is 2.59 bits per heavy atom. The number of rotatable bonds is 4. The second kappa shape index (κ2) is 10.4. The predicted octanol–water partition coefficient (Wildman–Crippen LogP) is 4.47. The van der Waals surface area contributed by atoms with Crippen LogP contribution in [0.15, 0.2) is 18.2 Å². The Kier molecular flexibility index (Phi) is 7.26. The van der Waals surface area contributed by atoms with Crippen molar-refractivity contribution in [2.75, 3.05) is 51.4 Å². The van der Waals surface area contributed by atoms with Crippen molar-refractivity contribution in [3.8, 4) is 17.1 Å². The maximum absolute atomic E-state index is 15.8. The van der Waals surface area contributed by atoms with Gasteiger partial charge in [0.05, 0.1) is 28.4 Å². The summed E-state index contributed by atoms with van der Waals surface area (Å²) >= 11 is 7.50. The highest BCUT2D eigenvalue weighted by molar-refractivity contribution is 7.22. The summed E-state index contributed by atoms with van der Waals surface area (Å²) < 4.78 is 47.5. The van der Waals surface area contributed by atoms with Crippen LogP contribution in [0.1, 0.15) is 6.42 Å². The normalized spacial score (nSPS) is 18.1. The molecule has 0 radical (unpaired) electrons. The van der Waals surface area contributed by atoms with Crippen molar-refractivity contribution >= 4 is 55.0 Å². The Hall–Kier alpha value is -2.93. The van der Waals surface area contributed by atoms with Crippen molar-refractivity contribution in [2.24, 2.45) is 0 Å². The molecule has 8 nitrogen and oxygen atoms in total. The number of fused-ring (bicyclic) bond motifs is 2. The molecule has 4 heterocycles. The average Bonchev–Trinajstić information content (AvgIpc) is 3.42. The Balaban J connectivity index is 0.000000348. The quantitative estimate of drug-likeness (QED) is 0.341. The maximum atomic E-state index is 15.8. The van der Waals surface area contributed by atoms with E-state index in [4.69, 9.17) is 22.1 Å². The lowest BCUT2D eigenvalue weighted by Crippen LogP contribution is -2.51. The van der Waals surface area contributed by atoms with Crippen LogP contribution < -0.4 is 21.1 Å². The van der Waals surface area contributed by atoms with Crippen molar-refractivity contribution in [2.45, 2.75) is 18.6 Å². The van der Waals surface area contributed by atoms with Gasteiger partial charge in [-0.1, -0.05) is 22.9 Å². The van der Waals surface area contributed by atoms with Gasteiger partial charge in [-0.25, -0.2) is 18.2 Å². The summed E-state index contributed by atoms with van der Waals surface area (Å²) in [5.74, 6) is -0.727. The topological polar surface area (TPSA) is 101 Å². The lowest BCUT2D eigenvalue weighted by atomic mass is 10.0. The van der Waals surface area contributed by atoms with E-state index >= 15 is 4.39 Å². The number of hydrogen-bond donors (Lipinski definition) is 3. The minimum atomic E-state index is -0.674. The fourth-order valence-electron chi connectivity index (χ4n) is 4.28. The van der Waals surface area contributed by atoms with Crippen LogP contribution in [0.5, 0.6) is 6.01 Å². The van der Waals surface area contributed by atoms with Crippen LogP contribution in [0.25, 0.3) is 32.2 Å². The highest BCUT2D eigenvalue weighted by Gasteiger charge is 2.25. The van der Waals surface area contributed by atoms with E-state index in [1.54, 1.807) is 6.07 Å². The van der Waals surface area contributed by atoms with Crippen LogP contribution in [0.3, 0.4) is 0 Å². The van der Waals surface area contributed by atoms with Gasteiger partial charge in [-0.15, -0.1) is 0 Å². The van der Waals surface area contributed by atoms with Crippen molar-refractivity contribution in [1.29, 1.82) is 0 Å². The van der Waals surface area contributed by atoms with Crippen LogP contribution in [-0.4, -0.2) is 72.4 Å². The molecule has 13 heteroatoms. The molecule has 196 valence electrons. The number of nitrogen functional groups attached to an aromatic ring is 1. The summed E-state index contributed by atoms with van der Waals surface area (Å²) in [4.78, 5) is 14.7. The van der Waals surface area contributed by atoms with E-state index in [-0.39, 0.29) is 43.5 Å². The SMILES string of the molecule is CN1CCC(F)C1.COc1nc(NC2CNC2)c2cc(Cl)c(-c3ccc(F)c4sc(N)nc34)c(F)c2n1. The highest BCUT2D eigenvalue weighted by atomic mass is 35.5. The number of aromatic nitrogens is 3. The summed E-state index contributed by atoms with van der Waals surface area (Å²) in [6.45, 7) is 3.10. The molecule has 0 amide bonds. The Morgan fingerprint density at radius 2 is 2.00 bits per heavy atom. The molecule has 2 saturated heterocycles. The van der Waals surface area contributed by atoms with Gasteiger partial charge in [0.2, 0.25) is 0 Å². The van der Waals surface area contributed by atoms with Crippen LogP contribution in [0.2, 0.25) is 5.02 Å². The zero-order valence-electron chi connectivity index (χ0n) is 20.1. The third-order valence-electron chi connectivity index (χ3n) is 6.28. The maximum Gasteiger partial charge on any atom is 0.318 e. The van der Waals surface area contributed by atoms with Gasteiger partial charge >= 0.3 is 6.01 Å². The van der Waals surface area contributed by atoms with Gasteiger partial charge in [0.1, 0.15) is 23.3 Å². The first-order valence-corrected chi connectivity index (χ1v) is 12.8. The smallest absolute Gasteiger partial charge is 0.318 e. The van der Waals surface area contributed by atoms with E-state index in [0.29, 0.717) is 23.3 Å². The number of thiazole rings is 1. The predicted molar refractivity (Wildman–Crippen MR) is 141 cm³/mol. The minimum absolute atomic E-state index is 0.0200. The van der Waals surface area contributed by atoms with E-state index in [1.807, 2.05) is 11.9 Å². The fraction of sp³-hybridized carbons (Fsp3) is 0.375. The number of halogens is 4. The summed E-state index contributed by atoms with van der Waals surface area (Å²) in [6, 6.07) is 4.45. The molecular formula is C24H25ClF3N7OS. The largest absolute Gasteiger partial charge is 0.467 e. The number of ether oxygens (including phenoxy) is 1. The molecule has 2 aliphatic heterocycles. The second-order valence-corrected chi connectivity index (χ2v) is 10.4. The molecule has 4 aromatic rings. The summed E-state index contributed by atoms with van der Waals surface area (Å²) in [7, 11) is 3.35. The summed E-state index contributed by atoms with van der Waals surface area (Å²) in [6.07, 6.45) is 0.182. The van der Waals surface area contributed by atoms with E-state index in [1.165, 1.54) is 19.2 Å². The molecule has 2 fully saturated rings. The molecule has 0 bridgehead atoms. The zero-order chi connectivity index (χ0) is 26.3. The van der Waals surface area contributed by atoms with Crippen LogP contribution in [0.4, 0.5) is 24.1 Å². The number of anilines is 2. The Bertz CT molecular complexity index is 1460. The van der Waals surface area contributed by atoms with Crippen molar-refractivity contribution in [3.05, 3.63) is 34.9 Å². The molecule has 2 aromatic carbocycles. The molecule has 4 N–H and O–H groups in total. The highest BCUT2D eigenvalue weighted by Crippen LogP contribution is 2.42. The molecule has 0 spiro atoms. The minimum Gasteiger partial charge on any atom is -0.467 e. The lowest BCUT2D eigenvalue weighted by Gasteiger charge is -2.29. The molecule has 37 heavy (non-hydrogen) atoms. The lowest BCUT2D eigenvalue weighted by molar-refractivity contribution is 0.321. The number of likely N-dealkylation sites (tertiary alicyclic amines) is 1. The molecule has 2 aliphatic rings. The van der Waals surface area contributed by atoms with Gasteiger partial charge in [0, 0.05) is 42.7 Å². The van der Waals surface area contributed by atoms with Gasteiger partial charge < -0.3 is 26.0 Å². The van der Waals surface area contributed by atoms with Crippen LogP contribution in [-0.2, 0) is 0 Å². The summed E-state index contributed by atoms with van der Waals surface area (Å²) in [5.41, 5.74) is 6.44. The zero-order valence-corrected chi connectivity index (χ0v) is 21.7. The first-order valence-electron chi connectivity index (χ1n) is 11.6. The van der Waals surface area contributed by atoms with Crippen LogP contribution in [0, 0.1) is 11.6 Å². The standard InChI is InChI=1S/C19H15ClF2N6OS.C5H10FN/c1-29-19-27-14-9(17(28-19)25-7-5-24-6-7)4-10(20)12(13(14)22)8-2-3-11(21)16-15(8)26-18(23)30-16;1-7-3-2-5(6)4-7/h2-4,7,24H,5-6H2,1H3,(H2,23,26)(H,25,27,28);5H,2-4H2,1H3. The third kappa shape index (κ3) is 5.11. The van der Waals surface area contributed by atoms with Crippen molar-refractivity contribution in [3.63, 3.8) is 0 Å². The van der Waals surface area contributed by atoms with Gasteiger partial charge in [-0.2, -0.15) is 9.97 Å². The molecule has 6 rings (SSSR count). The molecule has 1 unspecified atom stereocenters. The van der Waals surface area contributed by atoms with E-state index < -0.39 is 17.8 Å². The van der Waals surface area contributed by atoms with Gasteiger partial charge in [0.25, 0.3) is 0 Å². The molecule has 0 aliphatic carbocycles. The number of methoxy groups -OCH3 is 1. The van der Waals surface area contributed by atoms with Gasteiger partial charge in [0.15, 0.2) is 10.9 Å². The number of hydrogen-bond acceptors (Lipinski definition) is 9. The number of nitrogens with zero attached hydrogens (tertiary/aromatic N) is 4. The monoisotopic (exact) mass is 551 g/mol. The number of benzene rings is 2. The Morgan fingerprint density at radius 1 is 1.22 bits per heavy atom. The van der Waals surface area contributed by atoms with E-state index in [2.05, 4.69) is 25.6 Å². The first-order chi connectivity index (χ1) is 17.7. The molecular weight excluding hydrogens is 527 g/mol. The second-order valence-electron chi connectivity index (χ2n) is 8.97.